The van der Waals surface area contributed by atoms with Crippen molar-refractivity contribution >= 4 is 5.97 Å². The molecule has 1 heterocycles. The SMILES string of the molecule is CCCc1ccc(Cc2cc(OC)ccc2C(=O)O)o1. The first kappa shape index (κ1) is 14.2. The monoisotopic (exact) mass is 274 g/mol. The molecule has 2 aromatic rings. The second-order valence-corrected chi connectivity index (χ2v) is 4.62. The van der Waals surface area contributed by atoms with E-state index >= 15 is 0 Å². The summed E-state index contributed by atoms with van der Waals surface area (Å²) in [5.74, 6) is 1.40. The summed E-state index contributed by atoms with van der Waals surface area (Å²) < 4.78 is 10.9. The van der Waals surface area contributed by atoms with Gasteiger partial charge in [-0.1, -0.05) is 6.92 Å². The fourth-order valence-electron chi connectivity index (χ4n) is 2.14. The van der Waals surface area contributed by atoms with Crippen LogP contribution in [0.15, 0.2) is 34.7 Å². The lowest BCUT2D eigenvalue weighted by Crippen LogP contribution is -2.03. The Morgan fingerprint density at radius 2 is 2.00 bits per heavy atom. The number of rotatable bonds is 6. The molecule has 0 radical (unpaired) electrons. The summed E-state index contributed by atoms with van der Waals surface area (Å²) in [5, 5.41) is 9.23. The van der Waals surface area contributed by atoms with Crippen LogP contribution in [0.5, 0.6) is 5.75 Å². The van der Waals surface area contributed by atoms with Crippen molar-refractivity contribution in [2.45, 2.75) is 26.2 Å². The number of carbonyl (C=O) groups is 1. The first-order chi connectivity index (χ1) is 9.63. The van der Waals surface area contributed by atoms with Crippen LogP contribution in [-0.2, 0) is 12.8 Å². The van der Waals surface area contributed by atoms with E-state index in [0.717, 1.165) is 24.4 Å². The van der Waals surface area contributed by atoms with Gasteiger partial charge in [-0.05, 0) is 42.3 Å². The zero-order valence-corrected chi connectivity index (χ0v) is 11.7. The molecule has 0 atom stereocenters. The summed E-state index contributed by atoms with van der Waals surface area (Å²) in [7, 11) is 1.56. The average Bonchev–Trinajstić information content (AvgIpc) is 2.86. The normalized spacial score (nSPS) is 10.5. The molecule has 106 valence electrons. The molecule has 20 heavy (non-hydrogen) atoms. The molecule has 0 aliphatic rings. The summed E-state index contributed by atoms with van der Waals surface area (Å²) in [4.78, 5) is 11.2. The predicted molar refractivity (Wildman–Crippen MR) is 75.5 cm³/mol. The highest BCUT2D eigenvalue weighted by Gasteiger charge is 2.13. The first-order valence-electron chi connectivity index (χ1n) is 6.61. The highest BCUT2D eigenvalue weighted by molar-refractivity contribution is 5.89. The molecule has 0 spiro atoms. The van der Waals surface area contributed by atoms with Gasteiger partial charge in [-0.2, -0.15) is 0 Å². The standard InChI is InChI=1S/C16H18O4/c1-3-4-12-5-6-14(20-12)10-11-9-13(19-2)7-8-15(11)16(17)18/h5-9H,3-4,10H2,1-2H3,(H,17,18). The molecule has 0 unspecified atom stereocenters. The van der Waals surface area contributed by atoms with Crippen LogP contribution in [0, 0.1) is 0 Å². The number of ether oxygens (including phenoxy) is 1. The van der Waals surface area contributed by atoms with E-state index in [4.69, 9.17) is 9.15 Å². The summed E-state index contributed by atoms with van der Waals surface area (Å²) >= 11 is 0. The molecule has 1 aromatic heterocycles. The Balaban J connectivity index is 2.27. The van der Waals surface area contributed by atoms with Gasteiger partial charge in [0, 0.05) is 12.8 Å². The maximum atomic E-state index is 11.2. The lowest BCUT2D eigenvalue weighted by Gasteiger charge is -2.07. The fourth-order valence-corrected chi connectivity index (χ4v) is 2.14. The molecule has 1 N–H and O–H groups in total. The molecule has 0 amide bonds. The topological polar surface area (TPSA) is 59.7 Å². The molecule has 0 saturated heterocycles. The highest BCUT2D eigenvalue weighted by Crippen LogP contribution is 2.22. The van der Waals surface area contributed by atoms with Crippen LogP contribution >= 0.6 is 0 Å². The van der Waals surface area contributed by atoms with Crippen molar-refractivity contribution in [3.63, 3.8) is 0 Å². The number of carboxylic acids is 1. The quantitative estimate of drug-likeness (QED) is 0.875. The molecule has 4 nitrogen and oxygen atoms in total. The van der Waals surface area contributed by atoms with E-state index in [0.29, 0.717) is 17.7 Å². The van der Waals surface area contributed by atoms with E-state index in [9.17, 15) is 9.90 Å². The third-order valence-electron chi connectivity index (χ3n) is 3.12. The Morgan fingerprint density at radius 3 is 2.65 bits per heavy atom. The number of aromatic carboxylic acids is 1. The van der Waals surface area contributed by atoms with Crippen molar-refractivity contribution in [1.29, 1.82) is 0 Å². The van der Waals surface area contributed by atoms with E-state index in [-0.39, 0.29) is 5.56 Å². The van der Waals surface area contributed by atoms with Gasteiger partial charge in [0.05, 0.1) is 12.7 Å². The lowest BCUT2D eigenvalue weighted by atomic mass is 10.0. The van der Waals surface area contributed by atoms with Crippen LogP contribution in [0.4, 0.5) is 0 Å². The van der Waals surface area contributed by atoms with Gasteiger partial charge in [-0.25, -0.2) is 4.79 Å². The van der Waals surface area contributed by atoms with E-state index in [1.54, 1.807) is 25.3 Å². The van der Waals surface area contributed by atoms with Gasteiger partial charge >= 0.3 is 5.97 Å². The second-order valence-electron chi connectivity index (χ2n) is 4.62. The summed E-state index contributed by atoms with van der Waals surface area (Å²) in [5.41, 5.74) is 0.966. The third-order valence-corrected chi connectivity index (χ3v) is 3.12. The van der Waals surface area contributed by atoms with Gasteiger partial charge in [-0.15, -0.1) is 0 Å². The number of hydrogen-bond acceptors (Lipinski definition) is 3. The molecule has 1 aromatic carbocycles. The molecule has 0 saturated carbocycles. The highest BCUT2D eigenvalue weighted by atomic mass is 16.5. The number of methoxy groups -OCH3 is 1. The van der Waals surface area contributed by atoms with Gasteiger partial charge in [0.1, 0.15) is 17.3 Å². The Labute approximate surface area is 118 Å². The van der Waals surface area contributed by atoms with Crippen LogP contribution in [0.1, 0.15) is 40.8 Å². The van der Waals surface area contributed by atoms with Crippen molar-refractivity contribution < 1.29 is 19.1 Å². The molecule has 0 aliphatic heterocycles. The smallest absolute Gasteiger partial charge is 0.335 e. The minimum atomic E-state index is -0.942. The van der Waals surface area contributed by atoms with Crippen LogP contribution in [0.3, 0.4) is 0 Å². The Bertz CT molecular complexity index is 598. The van der Waals surface area contributed by atoms with Crippen LogP contribution in [0.2, 0.25) is 0 Å². The molecule has 0 aliphatic carbocycles. The minimum Gasteiger partial charge on any atom is -0.497 e. The molecule has 2 rings (SSSR count). The zero-order valence-electron chi connectivity index (χ0n) is 11.7. The molecular formula is C16H18O4. The van der Waals surface area contributed by atoms with E-state index in [1.807, 2.05) is 12.1 Å². The van der Waals surface area contributed by atoms with Gasteiger partial charge in [0.25, 0.3) is 0 Å². The van der Waals surface area contributed by atoms with Gasteiger partial charge in [0.2, 0.25) is 0 Å². The van der Waals surface area contributed by atoms with Crippen molar-refractivity contribution in [1.82, 2.24) is 0 Å². The molecule has 4 heteroatoms. The minimum absolute atomic E-state index is 0.277. The van der Waals surface area contributed by atoms with E-state index in [1.165, 1.54) is 0 Å². The maximum Gasteiger partial charge on any atom is 0.335 e. The second kappa shape index (κ2) is 6.28. The first-order valence-corrected chi connectivity index (χ1v) is 6.61. The largest absolute Gasteiger partial charge is 0.497 e. The van der Waals surface area contributed by atoms with Gasteiger partial charge < -0.3 is 14.3 Å². The lowest BCUT2D eigenvalue weighted by molar-refractivity contribution is 0.0696. The van der Waals surface area contributed by atoms with Gasteiger partial charge in [-0.3, -0.25) is 0 Å². The Hall–Kier alpha value is -2.23. The van der Waals surface area contributed by atoms with Crippen LogP contribution in [0.25, 0.3) is 0 Å². The molecule has 0 fully saturated rings. The van der Waals surface area contributed by atoms with Crippen LogP contribution < -0.4 is 4.74 Å². The summed E-state index contributed by atoms with van der Waals surface area (Å²) in [6.07, 6.45) is 2.36. The Morgan fingerprint density at radius 1 is 1.25 bits per heavy atom. The summed E-state index contributed by atoms with van der Waals surface area (Å²) in [6, 6.07) is 8.80. The van der Waals surface area contributed by atoms with Crippen molar-refractivity contribution in [2.75, 3.05) is 7.11 Å². The number of benzene rings is 1. The number of furan rings is 1. The van der Waals surface area contributed by atoms with Crippen LogP contribution in [-0.4, -0.2) is 18.2 Å². The summed E-state index contributed by atoms with van der Waals surface area (Å²) in [6.45, 7) is 2.09. The van der Waals surface area contributed by atoms with Crippen molar-refractivity contribution in [2.24, 2.45) is 0 Å². The third kappa shape index (κ3) is 3.20. The van der Waals surface area contributed by atoms with Gasteiger partial charge in [0.15, 0.2) is 0 Å². The van der Waals surface area contributed by atoms with Crippen molar-refractivity contribution in [3.05, 3.63) is 53.0 Å². The van der Waals surface area contributed by atoms with E-state index in [2.05, 4.69) is 6.92 Å². The fraction of sp³-hybridized carbons (Fsp3) is 0.312. The maximum absolute atomic E-state index is 11.2. The number of carboxylic acid groups (broad SMARTS) is 1. The zero-order chi connectivity index (χ0) is 14.5. The molecule has 0 bridgehead atoms. The predicted octanol–water partition coefficient (Wildman–Crippen LogP) is 3.53. The van der Waals surface area contributed by atoms with E-state index < -0.39 is 5.97 Å². The number of hydrogen-bond donors (Lipinski definition) is 1. The Kier molecular flexibility index (Phi) is 4.45. The number of aryl methyl sites for hydroxylation is 1. The molecular weight excluding hydrogens is 256 g/mol. The average molecular weight is 274 g/mol. The van der Waals surface area contributed by atoms with Crippen molar-refractivity contribution in [3.8, 4) is 5.75 Å².